The van der Waals surface area contributed by atoms with E-state index in [-0.39, 0.29) is 5.91 Å². The Morgan fingerprint density at radius 1 is 0.962 bits per heavy atom. The summed E-state index contributed by atoms with van der Waals surface area (Å²) in [6.45, 7) is 4.61. The normalized spacial score (nSPS) is 15.1. The number of carbonyl (C=O) groups is 1. The van der Waals surface area contributed by atoms with Gasteiger partial charge in [0.25, 0.3) is 0 Å². The summed E-state index contributed by atoms with van der Waals surface area (Å²) >= 11 is 12.0. The lowest BCUT2D eigenvalue weighted by molar-refractivity contribution is -0.122. The summed E-state index contributed by atoms with van der Waals surface area (Å²) in [5, 5.41) is 4.48. The average Bonchev–Trinajstić information content (AvgIpc) is 2.62. The van der Waals surface area contributed by atoms with Crippen LogP contribution in [0.5, 0.6) is 0 Å². The molecule has 1 aliphatic heterocycles. The van der Waals surface area contributed by atoms with Gasteiger partial charge in [0.05, 0.1) is 6.54 Å². The minimum Gasteiger partial charge on any atom is -0.369 e. The Morgan fingerprint density at radius 3 is 2.35 bits per heavy atom. The molecule has 0 spiro atoms. The van der Waals surface area contributed by atoms with Crippen LogP contribution in [0.15, 0.2) is 48.5 Å². The highest BCUT2D eigenvalue weighted by Crippen LogP contribution is 2.20. The number of piperazine rings is 1. The van der Waals surface area contributed by atoms with Gasteiger partial charge in [0.15, 0.2) is 0 Å². The third-order valence-electron chi connectivity index (χ3n) is 4.54. The van der Waals surface area contributed by atoms with E-state index >= 15 is 0 Å². The van der Waals surface area contributed by atoms with E-state index in [1.807, 2.05) is 42.5 Å². The van der Waals surface area contributed by atoms with Crippen molar-refractivity contribution in [1.82, 2.24) is 10.2 Å². The summed E-state index contributed by atoms with van der Waals surface area (Å²) in [6.07, 6.45) is 0.787. The van der Waals surface area contributed by atoms with Crippen molar-refractivity contribution in [3.63, 3.8) is 0 Å². The van der Waals surface area contributed by atoms with Crippen LogP contribution in [-0.2, 0) is 11.2 Å². The van der Waals surface area contributed by atoms with Crippen LogP contribution >= 0.6 is 23.2 Å². The van der Waals surface area contributed by atoms with Crippen LogP contribution in [-0.4, -0.2) is 50.1 Å². The minimum absolute atomic E-state index is 0.0724. The maximum atomic E-state index is 12.2. The zero-order chi connectivity index (χ0) is 18.4. The Labute approximate surface area is 164 Å². The van der Waals surface area contributed by atoms with E-state index in [1.165, 1.54) is 0 Å². The lowest BCUT2D eigenvalue weighted by atomic mass is 10.1. The molecular formula is C20H23Cl2N3O. The van der Waals surface area contributed by atoms with Gasteiger partial charge in [0.1, 0.15) is 0 Å². The highest BCUT2D eigenvalue weighted by molar-refractivity contribution is 6.31. The smallest absolute Gasteiger partial charge is 0.234 e. The van der Waals surface area contributed by atoms with Crippen molar-refractivity contribution in [1.29, 1.82) is 0 Å². The molecule has 6 heteroatoms. The third kappa shape index (κ3) is 5.63. The number of halogens is 2. The molecule has 2 aromatic rings. The van der Waals surface area contributed by atoms with Crippen molar-refractivity contribution in [3.8, 4) is 0 Å². The first-order chi connectivity index (χ1) is 12.6. The highest BCUT2D eigenvalue weighted by atomic mass is 35.5. The van der Waals surface area contributed by atoms with Crippen molar-refractivity contribution in [3.05, 3.63) is 64.1 Å². The Morgan fingerprint density at radius 2 is 1.65 bits per heavy atom. The van der Waals surface area contributed by atoms with Gasteiger partial charge < -0.3 is 10.2 Å². The fourth-order valence-corrected chi connectivity index (χ4v) is 3.53. The molecule has 2 aromatic carbocycles. The van der Waals surface area contributed by atoms with Gasteiger partial charge in [-0.2, -0.15) is 0 Å². The van der Waals surface area contributed by atoms with E-state index in [1.54, 1.807) is 0 Å². The molecule has 0 unspecified atom stereocenters. The molecule has 4 nitrogen and oxygen atoms in total. The van der Waals surface area contributed by atoms with Gasteiger partial charge in [-0.15, -0.1) is 0 Å². The van der Waals surface area contributed by atoms with Crippen molar-refractivity contribution >= 4 is 34.8 Å². The second-order valence-electron chi connectivity index (χ2n) is 6.47. The lowest BCUT2D eigenvalue weighted by Crippen LogP contribution is -2.49. The summed E-state index contributed by atoms with van der Waals surface area (Å²) in [7, 11) is 0. The number of hydrogen-bond acceptors (Lipinski definition) is 3. The number of nitrogens with zero attached hydrogens (tertiary/aromatic N) is 2. The molecule has 0 bridgehead atoms. The molecule has 0 aliphatic carbocycles. The number of benzene rings is 2. The second-order valence-corrected chi connectivity index (χ2v) is 7.35. The van der Waals surface area contributed by atoms with Crippen LogP contribution < -0.4 is 10.2 Å². The number of anilines is 1. The van der Waals surface area contributed by atoms with Crippen molar-refractivity contribution in [2.24, 2.45) is 0 Å². The standard InChI is InChI=1S/C20H23Cl2N3O/c21-17-4-1-3-16(13-17)7-8-23-20(26)15-24-9-11-25(12-10-24)19-6-2-5-18(22)14-19/h1-6,13-14H,7-12,15H2,(H,23,26). The zero-order valence-electron chi connectivity index (χ0n) is 14.6. The zero-order valence-corrected chi connectivity index (χ0v) is 16.1. The maximum Gasteiger partial charge on any atom is 0.234 e. The molecule has 138 valence electrons. The van der Waals surface area contributed by atoms with E-state index in [0.29, 0.717) is 13.1 Å². The Bertz CT molecular complexity index is 745. The topological polar surface area (TPSA) is 35.6 Å². The van der Waals surface area contributed by atoms with Gasteiger partial charge in [-0.25, -0.2) is 0 Å². The highest BCUT2D eigenvalue weighted by Gasteiger charge is 2.19. The quantitative estimate of drug-likeness (QED) is 0.818. The van der Waals surface area contributed by atoms with Gasteiger partial charge in [-0.3, -0.25) is 9.69 Å². The molecule has 3 rings (SSSR count). The summed E-state index contributed by atoms with van der Waals surface area (Å²) in [5.41, 5.74) is 2.27. The van der Waals surface area contributed by atoms with Gasteiger partial charge in [0.2, 0.25) is 5.91 Å². The Hall–Kier alpha value is -1.75. The molecule has 1 saturated heterocycles. The molecule has 0 atom stereocenters. The first-order valence-electron chi connectivity index (χ1n) is 8.84. The summed E-state index contributed by atoms with van der Waals surface area (Å²) in [5.74, 6) is 0.0724. The van der Waals surface area contributed by atoms with Crippen LogP contribution in [0.3, 0.4) is 0 Å². The predicted octanol–water partition coefficient (Wildman–Crippen LogP) is 3.47. The van der Waals surface area contributed by atoms with Gasteiger partial charge in [0, 0.05) is 48.5 Å². The molecule has 1 fully saturated rings. The monoisotopic (exact) mass is 391 g/mol. The SMILES string of the molecule is O=C(CN1CCN(c2cccc(Cl)c2)CC1)NCCc1cccc(Cl)c1. The third-order valence-corrected chi connectivity index (χ3v) is 5.01. The fourth-order valence-electron chi connectivity index (χ4n) is 3.13. The van der Waals surface area contributed by atoms with Crippen molar-refractivity contribution < 1.29 is 4.79 Å². The van der Waals surface area contributed by atoms with Crippen molar-refractivity contribution in [2.75, 3.05) is 44.2 Å². The molecule has 0 radical (unpaired) electrons. The van der Waals surface area contributed by atoms with Crippen molar-refractivity contribution in [2.45, 2.75) is 6.42 Å². The van der Waals surface area contributed by atoms with E-state index in [9.17, 15) is 4.79 Å². The molecule has 0 saturated carbocycles. The van der Waals surface area contributed by atoms with E-state index in [4.69, 9.17) is 23.2 Å². The van der Waals surface area contributed by atoms with E-state index < -0.39 is 0 Å². The summed E-state index contributed by atoms with van der Waals surface area (Å²) in [4.78, 5) is 16.6. The lowest BCUT2D eigenvalue weighted by Gasteiger charge is -2.35. The first kappa shape index (κ1) is 19.0. The van der Waals surface area contributed by atoms with Gasteiger partial charge >= 0.3 is 0 Å². The van der Waals surface area contributed by atoms with Crippen LogP contribution in [0.2, 0.25) is 10.0 Å². The molecule has 1 heterocycles. The van der Waals surface area contributed by atoms with Crippen LogP contribution in [0.1, 0.15) is 5.56 Å². The average molecular weight is 392 g/mol. The van der Waals surface area contributed by atoms with Crippen LogP contribution in [0.25, 0.3) is 0 Å². The molecule has 26 heavy (non-hydrogen) atoms. The molecule has 1 N–H and O–H groups in total. The number of amides is 1. The predicted molar refractivity (Wildman–Crippen MR) is 108 cm³/mol. The minimum atomic E-state index is 0.0724. The molecule has 1 amide bonds. The summed E-state index contributed by atoms with van der Waals surface area (Å²) in [6, 6.07) is 15.7. The Kier molecular flexibility index (Phi) is 6.78. The number of carbonyl (C=O) groups excluding carboxylic acids is 1. The molecule has 1 aliphatic rings. The van der Waals surface area contributed by atoms with E-state index in [0.717, 1.165) is 53.9 Å². The van der Waals surface area contributed by atoms with Crippen LogP contribution in [0, 0.1) is 0 Å². The fraction of sp³-hybridized carbons (Fsp3) is 0.350. The Balaban J connectivity index is 1.38. The van der Waals surface area contributed by atoms with E-state index in [2.05, 4.69) is 21.2 Å². The van der Waals surface area contributed by atoms with Crippen LogP contribution in [0.4, 0.5) is 5.69 Å². The number of nitrogens with one attached hydrogen (secondary N) is 1. The first-order valence-corrected chi connectivity index (χ1v) is 9.60. The van der Waals surface area contributed by atoms with Gasteiger partial charge in [-0.05, 0) is 42.3 Å². The largest absolute Gasteiger partial charge is 0.369 e. The summed E-state index contributed by atoms with van der Waals surface area (Å²) < 4.78 is 0. The molecular weight excluding hydrogens is 369 g/mol. The van der Waals surface area contributed by atoms with Gasteiger partial charge in [-0.1, -0.05) is 41.4 Å². The molecule has 0 aromatic heterocycles. The maximum absolute atomic E-state index is 12.2. The number of rotatable bonds is 6. The number of hydrogen-bond donors (Lipinski definition) is 1. The second kappa shape index (κ2) is 9.26.